The number of hydrogen-bond donors (Lipinski definition) is 1. The van der Waals surface area contributed by atoms with Crippen molar-refractivity contribution in [1.29, 1.82) is 0 Å². The molecule has 0 saturated heterocycles. The zero-order chi connectivity index (χ0) is 12.4. The lowest BCUT2D eigenvalue weighted by atomic mass is 10.1. The van der Waals surface area contributed by atoms with Crippen LogP contribution in [0.25, 0.3) is 10.8 Å². The van der Waals surface area contributed by atoms with Gasteiger partial charge in [-0.25, -0.2) is 0 Å². The minimum Gasteiger partial charge on any atom is -0.486 e. The van der Waals surface area contributed by atoms with E-state index in [9.17, 15) is 0 Å². The minimum absolute atomic E-state index is 0.608. The van der Waals surface area contributed by atoms with Crippen molar-refractivity contribution in [2.24, 2.45) is 5.73 Å². The number of nitrogens with zero attached hydrogens (tertiary/aromatic N) is 1. The van der Waals surface area contributed by atoms with Crippen molar-refractivity contribution >= 4 is 10.8 Å². The zero-order valence-corrected chi connectivity index (χ0v) is 10.2. The van der Waals surface area contributed by atoms with Gasteiger partial charge in [0.15, 0.2) is 11.5 Å². The molecule has 0 aliphatic carbocycles. The summed E-state index contributed by atoms with van der Waals surface area (Å²) in [6, 6.07) is 6.06. The van der Waals surface area contributed by atoms with Gasteiger partial charge in [0.25, 0.3) is 0 Å². The van der Waals surface area contributed by atoms with Crippen LogP contribution in [0.4, 0.5) is 0 Å². The maximum absolute atomic E-state index is 5.61. The molecule has 1 aliphatic rings. The second-order valence-corrected chi connectivity index (χ2v) is 4.37. The van der Waals surface area contributed by atoms with Crippen LogP contribution < -0.4 is 15.2 Å². The predicted molar refractivity (Wildman–Crippen MR) is 70.1 cm³/mol. The number of benzene rings is 1. The quantitative estimate of drug-likeness (QED) is 0.895. The van der Waals surface area contributed by atoms with Crippen LogP contribution in [0.15, 0.2) is 24.4 Å². The fourth-order valence-corrected chi connectivity index (χ4v) is 2.24. The van der Waals surface area contributed by atoms with Crippen molar-refractivity contribution in [1.82, 2.24) is 4.98 Å². The molecule has 0 saturated carbocycles. The third-order valence-corrected chi connectivity index (χ3v) is 3.13. The van der Waals surface area contributed by atoms with E-state index in [4.69, 9.17) is 15.2 Å². The highest BCUT2D eigenvalue weighted by Gasteiger charge is 2.14. The van der Waals surface area contributed by atoms with Gasteiger partial charge in [-0.05, 0) is 43.0 Å². The SMILES string of the molecule is NCCCc1nccc2cc3c(cc12)OCCO3. The Morgan fingerprint density at radius 1 is 1.17 bits per heavy atom. The highest BCUT2D eigenvalue weighted by atomic mass is 16.6. The van der Waals surface area contributed by atoms with Crippen LogP contribution >= 0.6 is 0 Å². The summed E-state index contributed by atoms with van der Waals surface area (Å²) in [5.74, 6) is 1.64. The predicted octanol–water partition coefficient (Wildman–Crippen LogP) is 1.90. The monoisotopic (exact) mass is 244 g/mol. The summed E-state index contributed by atoms with van der Waals surface area (Å²) in [6.07, 6.45) is 3.68. The van der Waals surface area contributed by atoms with Crippen molar-refractivity contribution in [3.63, 3.8) is 0 Å². The molecule has 4 nitrogen and oxygen atoms in total. The molecule has 1 aromatic carbocycles. The Balaban J connectivity index is 2.09. The molecule has 2 N–H and O–H groups in total. The molecule has 0 amide bonds. The van der Waals surface area contributed by atoms with E-state index in [1.165, 1.54) is 0 Å². The fourth-order valence-electron chi connectivity index (χ4n) is 2.24. The lowest BCUT2D eigenvalue weighted by molar-refractivity contribution is 0.172. The van der Waals surface area contributed by atoms with Gasteiger partial charge in [-0.3, -0.25) is 4.98 Å². The van der Waals surface area contributed by atoms with Crippen LogP contribution in [0.5, 0.6) is 11.5 Å². The van der Waals surface area contributed by atoms with E-state index < -0.39 is 0 Å². The van der Waals surface area contributed by atoms with E-state index in [0.29, 0.717) is 19.8 Å². The van der Waals surface area contributed by atoms with E-state index >= 15 is 0 Å². The van der Waals surface area contributed by atoms with E-state index in [1.54, 1.807) is 0 Å². The smallest absolute Gasteiger partial charge is 0.162 e. The van der Waals surface area contributed by atoms with Crippen molar-refractivity contribution in [2.45, 2.75) is 12.8 Å². The second kappa shape index (κ2) is 4.82. The van der Waals surface area contributed by atoms with Gasteiger partial charge in [-0.1, -0.05) is 0 Å². The summed E-state index contributed by atoms with van der Waals surface area (Å²) >= 11 is 0. The number of pyridine rings is 1. The van der Waals surface area contributed by atoms with E-state index in [1.807, 2.05) is 24.4 Å². The van der Waals surface area contributed by atoms with Crippen LogP contribution in [0.3, 0.4) is 0 Å². The summed E-state index contributed by atoms with van der Waals surface area (Å²) in [4.78, 5) is 4.44. The summed E-state index contributed by atoms with van der Waals surface area (Å²) < 4.78 is 11.2. The molecule has 0 unspecified atom stereocenters. The van der Waals surface area contributed by atoms with E-state index in [0.717, 1.165) is 40.8 Å². The molecule has 0 bridgehead atoms. The maximum Gasteiger partial charge on any atom is 0.162 e. The molecule has 0 spiro atoms. The highest BCUT2D eigenvalue weighted by molar-refractivity contribution is 5.88. The van der Waals surface area contributed by atoms with Crippen molar-refractivity contribution in [3.8, 4) is 11.5 Å². The van der Waals surface area contributed by atoms with Gasteiger partial charge in [-0.2, -0.15) is 0 Å². The van der Waals surface area contributed by atoms with E-state index in [2.05, 4.69) is 4.98 Å². The first-order chi connectivity index (χ1) is 8.88. The van der Waals surface area contributed by atoms with Crippen LogP contribution in [0, 0.1) is 0 Å². The molecule has 94 valence electrons. The molecule has 0 fully saturated rings. The van der Waals surface area contributed by atoms with Gasteiger partial charge in [0.05, 0.1) is 0 Å². The Hall–Kier alpha value is -1.81. The summed E-state index contributed by atoms with van der Waals surface area (Å²) in [5, 5.41) is 2.27. The Bertz CT molecular complexity index is 569. The minimum atomic E-state index is 0.608. The lowest BCUT2D eigenvalue weighted by Gasteiger charge is -2.19. The third-order valence-electron chi connectivity index (χ3n) is 3.13. The van der Waals surface area contributed by atoms with Gasteiger partial charge in [0, 0.05) is 17.3 Å². The molecule has 0 radical (unpaired) electrons. The molecule has 0 atom stereocenters. The number of aryl methyl sites for hydroxylation is 1. The highest BCUT2D eigenvalue weighted by Crippen LogP contribution is 2.35. The molecule has 3 rings (SSSR count). The first kappa shape index (κ1) is 11.3. The van der Waals surface area contributed by atoms with Crippen molar-refractivity contribution in [2.75, 3.05) is 19.8 Å². The molecule has 1 aromatic heterocycles. The van der Waals surface area contributed by atoms with Gasteiger partial charge < -0.3 is 15.2 Å². The Labute approximate surface area is 106 Å². The molecule has 2 aromatic rings. The van der Waals surface area contributed by atoms with Gasteiger partial charge >= 0.3 is 0 Å². The average molecular weight is 244 g/mol. The van der Waals surface area contributed by atoms with Crippen LogP contribution in [-0.2, 0) is 6.42 Å². The normalized spacial score (nSPS) is 13.8. The van der Waals surface area contributed by atoms with E-state index in [-0.39, 0.29) is 0 Å². The standard InChI is InChI=1S/C14H16N2O2/c15-4-1-2-12-11-9-14-13(17-6-7-18-14)8-10(11)3-5-16-12/h3,5,8-9H,1-2,4,6-7,15H2. The third kappa shape index (κ3) is 1.99. The molecular formula is C14H16N2O2. The fraction of sp³-hybridized carbons (Fsp3) is 0.357. The zero-order valence-electron chi connectivity index (χ0n) is 10.2. The number of aromatic nitrogens is 1. The molecule has 4 heteroatoms. The second-order valence-electron chi connectivity index (χ2n) is 4.37. The number of nitrogens with two attached hydrogens (primary N) is 1. The first-order valence-corrected chi connectivity index (χ1v) is 6.26. The van der Waals surface area contributed by atoms with Crippen LogP contribution in [0.1, 0.15) is 12.1 Å². The van der Waals surface area contributed by atoms with Crippen LogP contribution in [0.2, 0.25) is 0 Å². The number of ether oxygens (including phenoxy) is 2. The Kier molecular flexibility index (Phi) is 3.02. The largest absolute Gasteiger partial charge is 0.486 e. The topological polar surface area (TPSA) is 57.4 Å². The maximum atomic E-state index is 5.61. The molecule has 18 heavy (non-hydrogen) atoms. The van der Waals surface area contributed by atoms with Gasteiger partial charge in [0.1, 0.15) is 13.2 Å². The number of rotatable bonds is 3. The summed E-state index contributed by atoms with van der Waals surface area (Å²) in [6.45, 7) is 1.91. The molecule has 1 aliphatic heterocycles. The molecule has 2 heterocycles. The first-order valence-electron chi connectivity index (χ1n) is 6.26. The molecular weight excluding hydrogens is 228 g/mol. The van der Waals surface area contributed by atoms with Gasteiger partial charge in [0.2, 0.25) is 0 Å². The Morgan fingerprint density at radius 2 is 1.94 bits per heavy atom. The van der Waals surface area contributed by atoms with Crippen molar-refractivity contribution < 1.29 is 9.47 Å². The van der Waals surface area contributed by atoms with Crippen LogP contribution in [-0.4, -0.2) is 24.7 Å². The average Bonchev–Trinajstić information content (AvgIpc) is 2.43. The lowest BCUT2D eigenvalue weighted by Crippen LogP contribution is -2.15. The number of fused-ring (bicyclic) bond motifs is 2. The number of hydrogen-bond acceptors (Lipinski definition) is 4. The van der Waals surface area contributed by atoms with Crippen molar-refractivity contribution in [3.05, 3.63) is 30.1 Å². The summed E-state index contributed by atoms with van der Waals surface area (Å²) in [7, 11) is 0. The summed E-state index contributed by atoms with van der Waals surface area (Å²) in [5.41, 5.74) is 6.64. The Morgan fingerprint density at radius 3 is 2.72 bits per heavy atom. The van der Waals surface area contributed by atoms with Gasteiger partial charge in [-0.15, -0.1) is 0 Å².